The number of nitro benzene ring substituents is 1. The van der Waals surface area contributed by atoms with Crippen LogP contribution in [0.3, 0.4) is 0 Å². The fourth-order valence-electron chi connectivity index (χ4n) is 2.51. The van der Waals surface area contributed by atoms with Gasteiger partial charge in [-0.2, -0.15) is 0 Å². The molecule has 0 saturated carbocycles. The number of anilines is 2. The summed E-state index contributed by atoms with van der Waals surface area (Å²) in [5, 5.41) is 14.3. The van der Waals surface area contributed by atoms with Gasteiger partial charge < -0.3 is 5.32 Å². The molecule has 0 heterocycles. The molecule has 3 aromatic rings. The van der Waals surface area contributed by atoms with Crippen molar-refractivity contribution in [1.82, 2.24) is 0 Å². The van der Waals surface area contributed by atoms with Crippen LogP contribution in [0.1, 0.15) is 16.7 Å². The third kappa shape index (κ3) is 3.80. The summed E-state index contributed by atoms with van der Waals surface area (Å²) < 4.78 is 0. The smallest absolute Gasteiger partial charge is 0.292 e. The summed E-state index contributed by atoms with van der Waals surface area (Å²) in [6.07, 6.45) is 1.77. The Hall–Kier alpha value is -3.84. The van der Waals surface area contributed by atoms with Crippen molar-refractivity contribution in [3.8, 4) is 11.8 Å². The highest BCUT2D eigenvalue weighted by molar-refractivity contribution is 5.73. The highest BCUT2D eigenvalue weighted by Crippen LogP contribution is 2.28. The third-order valence-corrected chi connectivity index (χ3v) is 3.81. The Morgan fingerprint density at radius 3 is 2.15 bits per heavy atom. The molecule has 0 bridgehead atoms. The van der Waals surface area contributed by atoms with Crippen LogP contribution in [0.25, 0.3) is 6.08 Å². The van der Waals surface area contributed by atoms with Crippen molar-refractivity contribution in [2.45, 2.75) is 0 Å². The van der Waals surface area contributed by atoms with Gasteiger partial charge in [-0.3, -0.25) is 10.1 Å². The van der Waals surface area contributed by atoms with Gasteiger partial charge in [-0.1, -0.05) is 67.0 Å². The molecule has 0 atom stereocenters. The van der Waals surface area contributed by atoms with Gasteiger partial charge in [-0.15, -0.1) is 0 Å². The van der Waals surface area contributed by atoms with Gasteiger partial charge >= 0.3 is 0 Å². The van der Waals surface area contributed by atoms with Gasteiger partial charge in [-0.25, -0.2) is 0 Å². The molecular formula is C22H16N2O2. The van der Waals surface area contributed by atoms with Crippen molar-refractivity contribution in [2.75, 3.05) is 5.32 Å². The highest BCUT2D eigenvalue weighted by atomic mass is 16.6. The SMILES string of the molecule is C=Cc1ccccc1C#Cc1ccccc1Nc1ccccc1[N+](=O)[O-]. The Morgan fingerprint density at radius 2 is 1.42 bits per heavy atom. The summed E-state index contributed by atoms with van der Waals surface area (Å²) in [4.78, 5) is 10.8. The van der Waals surface area contributed by atoms with E-state index in [0.29, 0.717) is 11.4 Å². The van der Waals surface area contributed by atoms with Crippen molar-refractivity contribution in [2.24, 2.45) is 0 Å². The summed E-state index contributed by atoms with van der Waals surface area (Å²) in [5.74, 6) is 6.29. The van der Waals surface area contributed by atoms with Crippen LogP contribution in [0.2, 0.25) is 0 Å². The fraction of sp³-hybridized carbons (Fsp3) is 0. The molecule has 0 saturated heterocycles. The monoisotopic (exact) mass is 340 g/mol. The first-order valence-electron chi connectivity index (χ1n) is 8.02. The molecule has 0 aromatic heterocycles. The molecule has 3 aromatic carbocycles. The molecule has 126 valence electrons. The second kappa shape index (κ2) is 7.82. The van der Waals surface area contributed by atoms with Crippen molar-refractivity contribution < 1.29 is 4.92 Å². The molecule has 0 aliphatic heterocycles. The molecule has 0 unspecified atom stereocenters. The van der Waals surface area contributed by atoms with Crippen molar-refractivity contribution in [3.05, 3.63) is 106 Å². The maximum Gasteiger partial charge on any atom is 0.292 e. The van der Waals surface area contributed by atoms with Gasteiger partial charge in [-0.05, 0) is 29.8 Å². The Kier molecular flexibility index (Phi) is 5.11. The van der Waals surface area contributed by atoms with Gasteiger partial charge in [0.2, 0.25) is 0 Å². The van der Waals surface area contributed by atoms with E-state index in [1.54, 1.807) is 24.3 Å². The van der Waals surface area contributed by atoms with Crippen LogP contribution < -0.4 is 5.32 Å². The Morgan fingerprint density at radius 1 is 0.846 bits per heavy atom. The van der Waals surface area contributed by atoms with E-state index >= 15 is 0 Å². The quantitative estimate of drug-likeness (QED) is 0.394. The minimum atomic E-state index is -0.406. The van der Waals surface area contributed by atoms with E-state index < -0.39 is 4.92 Å². The minimum absolute atomic E-state index is 0.0206. The zero-order valence-electron chi connectivity index (χ0n) is 14.0. The molecule has 4 heteroatoms. The number of nitrogens with zero attached hydrogens (tertiary/aromatic N) is 1. The molecule has 3 rings (SSSR count). The van der Waals surface area contributed by atoms with E-state index in [1.807, 2.05) is 48.5 Å². The molecule has 0 aliphatic carbocycles. The lowest BCUT2D eigenvalue weighted by molar-refractivity contribution is -0.383. The number of benzene rings is 3. The van der Waals surface area contributed by atoms with Gasteiger partial charge in [0.1, 0.15) is 5.69 Å². The van der Waals surface area contributed by atoms with Gasteiger partial charge in [0.25, 0.3) is 5.69 Å². The van der Waals surface area contributed by atoms with Gasteiger partial charge in [0.05, 0.1) is 10.6 Å². The van der Waals surface area contributed by atoms with E-state index in [1.165, 1.54) is 6.07 Å². The summed E-state index contributed by atoms with van der Waals surface area (Å²) >= 11 is 0. The molecule has 0 aliphatic rings. The van der Waals surface area contributed by atoms with E-state index in [2.05, 4.69) is 23.7 Å². The van der Waals surface area contributed by atoms with Crippen LogP contribution in [0.15, 0.2) is 79.4 Å². The lowest BCUT2D eigenvalue weighted by atomic mass is 10.1. The van der Waals surface area contributed by atoms with Gasteiger partial charge in [0.15, 0.2) is 0 Å². The molecule has 26 heavy (non-hydrogen) atoms. The average molecular weight is 340 g/mol. The predicted octanol–water partition coefficient (Wildman–Crippen LogP) is 5.38. The standard InChI is InChI=1S/C22H16N2O2/c1-2-17-9-3-4-10-18(17)15-16-19-11-5-6-12-20(19)23-21-13-7-8-14-22(21)24(25)26/h2-14,23H,1H2. The summed E-state index contributed by atoms with van der Waals surface area (Å²) in [6.45, 7) is 3.80. The predicted molar refractivity (Wildman–Crippen MR) is 105 cm³/mol. The Balaban J connectivity index is 1.97. The Labute approximate surface area is 152 Å². The molecular weight excluding hydrogens is 324 g/mol. The lowest BCUT2D eigenvalue weighted by Gasteiger charge is -2.09. The second-order valence-corrected chi connectivity index (χ2v) is 5.49. The molecule has 1 N–H and O–H groups in total. The maximum absolute atomic E-state index is 11.2. The van der Waals surface area contributed by atoms with Crippen molar-refractivity contribution >= 4 is 23.1 Å². The molecule has 0 spiro atoms. The maximum atomic E-state index is 11.2. The lowest BCUT2D eigenvalue weighted by Crippen LogP contribution is -1.98. The Bertz CT molecular complexity index is 1030. The first-order chi connectivity index (χ1) is 12.7. The normalized spacial score (nSPS) is 9.69. The zero-order valence-corrected chi connectivity index (χ0v) is 14.0. The number of hydrogen-bond donors (Lipinski definition) is 1. The number of nitro groups is 1. The molecule has 4 nitrogen and oxygen atoms in total. The van der Waals surface area contributed by atoms with E-state index in [0.717, 1.165) is 16.7 Å². The highest BCUT2D eigenvalue weighted by Gasteiger charge is 2.13. The largest absolute Gasteiger partial charge is 0.349 e. The van der Waals surface area contributed by atoms with Crippen LogP contribution in [0.4, 0.5) is 17.1 Å². The molecule has 0 fully saturated rings. The molecule has 0 radical (unpaired) electrons. The minimum Gasteiger partial charge on any atom is -0.349 e. The number of rotatable bonds is 4. The zero-order chi connectivity index (χ0) is 18.4. The third-order valence-electron chi connectivity index (χ3n) is 3.81. The van der Waals surface area contributed by atoms with E-state index in [9.17, 15) is 10.1 Å². The average Bonchev–Trinajstić information content (AvgIpc) is 2.68. The summed E-state index contributed by atoms with van der Waals surface area (Å²) in [5.41, 5.74) is 3.76. The van der Waals surface area contributed by atoms with Crippen LogP contribution >= 0.6 is 0 Å². The number of hydrogen-bond acceptors (Lipinski definition) is 3. The van der Waals surface area contributed by atoms with Crippen LogP contribution in [-0.4, -0.2) is 4.92 Å². The van der Waals surface area contributed by atoms with E-state index in [4.69, 9.17) is 0 Å². The van der Waals surface area contributed by atoms with Gasteiger partial charge in [0, 0.05) is 17.2 Å². The van der Waals surface area contributed by atoms with Crippen LogP contribution in [-0.2, 0) is 0 Å². The topological polar surface area (TPSA) is 55.2 Å². The molecule has 0 amide bonds. The van der Waals surface area contributed by atoms with Crippen molar-refractivity contribution in [1.29, 1.82) is 0 Å². The van der Waals surface area contributed by atoms with Crippen molar-refractivity contribution in [3.63, 3.8) is 0 Å². The van der Waals surface area contributed by atoms with E-state index in [-0.39, 0.29) is 5.69 Å². The number of para-hydroxylation sites is 3. The second-order valence-electron chi connectivity index (χ2n) is 5.49. The first-order valence-corrected chi connectivity index (χ1v) is 8.02. The fourth-order valence-corrected chi connectivity index (χ4v) is 2.51. The summed E-state index contributed by atoms with van der Waals surface area (Å²) in [7, 11) is 0. The first kappa shape index (κ1) is 17.0. The summed E-state index contributed by atoms with van der Waals surface area (Å²) in [6, 6.07) is 21.8. The van der Waals surface area contributed by atoms with Crippen LogP contribution in [0.5, 0.6) is 0 Å². The number of nitrogens with one attached hydrogen (secondary N) is 1. The van der Waals surface area contributed by atoms with Crippen LogP contribution in [0, 0.1) is 22.0 Å².